The number of carbonyl (C=O) groups excluding carboxylic acids is 1. The minimum absolute atomic E-state index is 0.00465. The van der Waals surface area contributed by atoms with E-state index in [9.17, 15) is 15.0 Å². The molecule has 1 amide bonds. The number of amides is 1. The van der Waals surface area contributed by atoms with E-state index in [4.69, 9.17) is 11.6 Å². The van der Waals surface area contributed by atoms with Crippen molar-refractivity contribution in [2.75, 3.05) is 5.32 Å². The van der Waals surface area contributed by atoms with E-state index in [1.807, 2.05) is 0 Å². The van der Waals surface area contributed by atoms with Gasteiger partial charge in [0, 0.05) is 10.7 Å². The molecule has 0 spiro atoms. The summed E-state index contributed by atoms with van der Waals surface area (Å²) in [5.74, 6) is -0.818. The van der Waals surface area contributed by atoms with Crippen molar-refractivity contribution in [1.82, 2.24) is 0 Å². The molecule has 2 rings (SSSR count). The maximum atomic E-state index is 11.9. The Balaban J connectivity index is 2.24. The summed E-state index contributed by atoms with van der Waals surface area (Å²) in [4.78, 5) is 11.9. The van der Waals surface area contributed by atoms with E-state index in [2.05, 4.69) is 5.32 Å². The van der Waals surface area contributed by atoms with Crippen LogP contribution in [0.4, 0.5) is 5.69 Å². The molecule has 0 aliphatic rings. The highest BCUT2D eigenvalue weighted by Crippen LogP contribution is 2.23. The third-order valence-electron chi connectivity index (χ3n) is 2.31. The molecule has 5 heteroatoms. The van der Waals surface area contributed by atoms with Crippen LogP contribution in [0.3, 0.4) is 0 Å². The predicted molar refractivity (Wildman–Crippen MR) is 69.2 cm³/mol. The van der Waals surface area contributed by atoms with Crippen molar-refractivity contribution >= 4 is 23.2 Å². The SMILES string of the molecule is O=C(Nc1cccc(Cl)c1)c1cc(O)ccc1O. The number of halogens is 1. The number of phenolic OH excluding ortho intramolecular Hbond substituents is 2. The summed E-state index contributed by atoms with van der Waals surface area (Å²) in [6.07, 6.45) is 0. The van der Waals surface area contributed by atoms with Gasteiger partial charge in [0.1, 0.15) is 11.5 Å². The van der Waals surface area contributed by atoms with Gasteiger partial charge in [0.15, 0.2) is 0 Å². The fourth-order valence-corrected chi connectivity index (χ4v) is 1.66. The second kappa shape index (κ2) is 4.98. The maximum absolute atomic E-state index is 11.9. The third-order valence-corrected chi connectivity index (χ3v) is 2.54. The Bertz CT molecular complexity index is 599. The van der Waals surface area contributed by atoms with Gasteiger partial charge in [-0.3, -0.25) is 4.79 Å². The van der Waals surface area contributed by atoms with Crippen LogP contribution in [-0.2, 0) is 0 Å². The quantitative estimate of drug-likeness (QED) is 0.730. The van der Waals surface area contributed by atoms with Crippen LogP contribution in [0, 0.1) is 0 Å². The number of benzene rings is 2. The summed E-state index contributed by atoms with van der Waals surface area (Å²) in [6.45, 7) is 0. The molecule has 0 saturated heterocycles. The standard InChI is InChI=1S/C13H10ClNO3/c14-8-2-1-3-9(6-8)15-13(18)11-7-10(16)4-5-12(11)17/h1-7,16-17H,(H,15,18). The van der Waals surface area contributed by atoms with Crippen molar-refractivity contribution < 1.29 is 15.0 Å². The van der Waals surface area contributed by atoms with Gasteiger partial charge in [-0.25, -0.2) is 0 Å². The maximum Gasteiger partial charge on any atom is 0.259 e. The summed E-state index contributed by atoms with van der Waals surface area (Å²) >= 11 is 5.79. The second-order valence-electron chi connectivity index (χ2n) is 3.67. The minimum Gasteiger partial charge on any atom is -0.508 e. The molecule has 2 aromatic rings. The van der Waals surface area contributed by atoms with Crippen LogP contribution < -0.4 is 5.32 Å². The van der Waals surface area contributed by atoms with E-state index in [0.29, 0.717) is 10.7 Å². The molecule has 0 heterocycles. The fraction of sp³-hybridized carbons (Fsp3) is 0. The van der Waals surface area contributed by atoms with Crippen LogP contribution >= 0.6 is 11.6 Å². The van der Waals surface area contributed by atoms with Crippen LogP contribution in [0.2, 0.25) is 5.02 Å². The molecular formula is C13H10ClNO3. The van der Waals surface area contributed by atoms with Crippen LogP contribution in [0.1, 0.15) is 10.4 Å². The fourth-order valence-electron chi connectivity index (χ4n) is 1.47. The molecule has 0 atom stereocenters. The number of phenols is 2. The Labute approximate surface area is 108 Å². The zero-order valence-corrected chi connectivity index (χ0v) is 9.98. The first-order valence-electron chi connectivity index (χ1n) is 5.15. The first-order valence-corrected chi connectivity index (χ1v) is 5.53. The molecule has 3 N–H and O–H groups in total. The molecule has 0 aliphatic carbocycles. The zero-order chi connectivity index (χ0) is 13.1. The number of hydrogen-bond acceptors (Lipinski definition) is 3. The van der Waals surface area contributed by atoms with E-state index in [-0.39, 0.29) is 17.1 Å². The normalized spacial score (nSPS) is 10.1. The highest BCUT2D eigenvalue weighted by atomic mass is 35.5. The van der Waals surface area contributed by atoms with E-state index in [0.717, 1.165) is 0 Å². The lowest BCUT2D eigenvalue weighted by molar-refractivity contribution is 0.102. The Hall–Kier alpha value is -2.20. The largest absolute Gasteiger partial charge is 0.508 e. The summed E-state index contributed by atoms with van der Waals surface area (Å²) in [6, 6.07) is 10.4. The number of aromatic hydroxyl groups is 2. The van der Waals surface area contributed by atoms with E-state index in [1.54, 1.807) is 24.3 Å². The van der Waals surface area contributed by atoms with Crippen LogP contribution in [-0.4, -0.2) is 16.1 Å². The van der Waals surface area contributed by atoms with Crippen molar-refractivity contribution in [2.45, 2.75) is 0 Å². The van der Waals surface area contributed by atoms with E-state index < -0.39 is 5.91 Å². The van der Waals surface area contributed by atoms with Crippen LogP contribution in [0.25, 0.3) is 0 Å². The first-order chi connectivity index (χ1) is 8.56. The van der Waals surface area contributed by atoms with Gasteiger partial charge >= 0.3 is 0 Å². The Kier molecular flexibility index (Phi) is 3.39. The Morgan fingerprint density at radius 2 is 1.89 bits per heavy atom. The summed E-state index contributed by atoms with van der Waals surface area (Å²) in [7, 11) is 0. The van der Waals surface area contributed by atoms with Crippen molar-refractivity contribution in [1.29, 1.82) is 0 Å². The molecule has 0 saturated carbocycles. The molecule has 0 bridgehead atoms. The molecule has 0 aliphatic heterocycles. The number of rotatable bonds is 2. The van der Waals surface area contributed by atoms with Crippen LogP contribution in [0.15, 0.2) is 42.5 Å². The lowest BCUT2D eigenvalue weighted by atomic mass is 10.1. The molecular weight excluding hydrogens is 254 g/mol. The van der Waals surface area contributed by atoms with Crippen molar-refractivity contribution in [2.24, 2.45) is 0 Å². The van der Waals surface area contributed by atoms with Crippen LogP contribution in [0.5, 0.6) is 11.5 Å². The Morgan fingerprint density at radius 3 is 2.61 bits per heavy atom. The lowest BCUT2D eigenvalue weighted by Gasteiger charge is -2.07. The number of hydrogen-bond donors (Lipinski definition) is 3. The molecule has 2 aromatic carbocycles. The minimum atomic E-state index is -0.523. The molecule has 18 heavy (non-hydrogen) atoms. The van der Waals surface area contributed by atoms with Gasteiger partial charge in [-0.1, -0.05) is 17.7 Å². The smallest absolute Gasteiger partial charge is 0.259 e. The summed E-state index contributed by atoms with van der Waals surface area (Å²) in [5.41, 5.74) is 0.505. The van der Waals surface area contributed by atoms with Gasteiger partial charge in [0.2, 0.25) is 0 Å². The van der Waals surface area contributed by atoms with Gasteiger partial charge < -0.3 is 15.5 Å². The van der Waals surface area contributed by atoms with E-state index in [1.165, 1.54) is 18.2 Å². The van der Waals surface area contributed by atoms with Gasteiger partial charge in [-0.05, 0) is 36.4 Å². The topological polar surface area (TPSA) is 69.6 Å². The summed E-state index contributed by atoms with van der Waals surface area (Å²) in [5, 5.41) is 21.9. The zero-order valence-electron chi connectivity index (χ0n) is 9.22. The monoisotopic (exact) mass is 263 g/mol. The lowest BCUT2D eigenvalue weighted by Crippen LogP contribution is -2.11. The molecule has 0 unspecified atom stereocenters. The Morgan fingerprint density at radius 1 is 1.11 bits per heavy atom. The molecule has 0 fully saturated rings. The van der Waals surface area contributed by atoms with Crippen molar-refractivity contribution in [3.05, 3.63) is 53.1 Å². The number of nitrogens with one attached hydrogen (secondary N) is 1. The third kappa shape index (κ3) is 2.73. The molecule has 4 nitrogen and oxygen atoms in total. The van der Waals surface area contributed by atoms with Gasteiger partial charge in [-0.15, -0.1) is 0 Å². The van der Waals surface area contributed by atoms with Crippen molar-refractivity contribution in [3.8, 4) is 11.5 Å². The predicted octanol–water partition coefficient (Wildman–Crippen LogP) is 3.00. The van der Waals surface area contributed by atoms with Gasteiger partial charge in [-0.2, -0.15) is 0 Å². The van der Waals surface area contributed by atoms with Gasteiger partial charge in [0.25, 0.3) is 5.91 Å². The highest BCUT2D eigenvalue weighted by molar-refractivity contribution is 6.31. The number of anilines is 1. The van der Waals surface area contributed by atoms with Gasteiger partial charge in [0.05, 0.1) is 5.56 Å². The number of carbonyl (C=O) groups is 1. The first kappa shape index (κ1) is 12.3. The molecule has 92 valence electrons. The highest BCUT2D eigenvalue weighted by Gasteiger charge is 2.12. The molecule has 0 aromatic heterocycles. The van der Waals surface area contributed by atoms with Crippen molar-refractivity contribution in [3.63, 3.8) is 0 Å². The molecule has 0 radical (unpaired) electrons. The van der Waals surface area contributed by atoms with E-state index >= 15 is 0 Å². The average molecular weight is 264 g/mol. The second-order valence-corrected chi connectivity index (χ2v) is 4.10. The summed E-state index contributed by atoms with van der Waals surface area (Å²) < 4.78 is 0. The average Bonchev–Trinajstić information content (AvgIpc) is 2.32.